The van der Waals surface area contributed by atoms with Gasteiger partial charge in [0.2, 0.25) is 0 Å². The van der Waals surface area contributed by atoms with Gasteiger partial charge in [-0.25, -0.2) is 0 Å². The summed E-state index contributed by atoms with van der Waals surface area (Å²) in [7, 11) is 0. The van der Waals surface area contributed by atoms with Crippen LogP contribution in [0.5, 0.6) is 0 Å². The number of nitrogens with two attached hydrogens (primary N) is 1. The van der Waals surface area contributed by atoms with E-state index in [1.807, 2.05) is 12.1 Å². The van der Waals surface area contributed by atoms with Crippen molar-refractivity contribution < 1.29 is 0 Å². The van der Waals surface area contributed by atoms with E-state index >= 15 is 0 Å². The maximum atomic E-state index is 5.94. The molecule has 0 aliphatic carbocycles. The Morgan fingerprint density at radius 2 is 1.88 bits per heavy atom. The minimum absolute atomic E-state index is 0. The summed E-state index contributed by atoms with van der Waals surface area (Å²) < 4.78 is 0. The van der Waals surface area contributed by atoms with Crippen LogP contribution in [0.15, 0.2) is 24.3 Å². The second kappa shape index (κ2) is 8.17. The molecule has 0 aromatic heterocycles. The lowest BCUT2D eigenvalue weighted by molar-refractivity contribution is 0.201. The third-order valence-electron chi connectivity index (χ3n) is 2.86. The molecule has 98 valence electrons. The Hall–Kier alpha value is 0.01000. The minimum atomic E-state index is 0. The highest BCUT2D eigenvalue weighted by molar-refractivity contribution is 6.30. The van der Waals surface area contributed by atoms with Gasteiger partial charge in [0.05, 0.1) is 0 Å². The molecule has 1 atom stereocenters. The third kappa shape index (κ3) is 5.45. The van der Waals surface area contributed by atoms with Crippen molar-refractivity contribution >= 4 is 36.4 Å². The van der Waals surface area contributed by atoms with E-state index in [1.165, 1.54) is 12.0 Å². The summed E-state index contributed by atoms with van der Waals surface area (Å²) in [4.78, 5) is 2.41. The van der Waals surface area contributed by atoms with Gasteiger partial charge < -0.3 is 5.73 Å². The van der Waals surface area contributed by atoms with Crippen LogP contribution in [0.4, 0.5) is 0 Å². The maximum Gasteiger partial charge on any atom is 0.0406 e. The Kier molecular flexibility index (Phi) is 8.18. The van der Waals surface area contributed by atoms with Crippen LogP contribution in [0.25, 0.3) is 0 Å². The standard InChI is InChI=1S/C12H17ClN2.2ClH/c13-11-5-3-10(4-6-11)8-15-7-1-2-12(14)9-15;;/h3-6,12H,1-2,7-9,14H2;2*1H. The van der Waals surface area contributed by atoms with E-state index in [4.69, 9.17) is 17.3 Å². The summed E-state index contributed by atoms with van der Waals surface area (Å²) in [6, 6.07) is 8.41. The molecule has 5 heteroatoms. The predicted octanol–water partition coefficient (Wildman–Crippen LogP) is 3.11. The molecule has 0 bridgehead atoms. The van der Waals surface area contributed by atoms with Gasteiger partial charge in [0.15, 0.2) is 0 Å². The molecule has 1 aliphatic heterocycles. The van der Waals surface area contributed by atoms with E-state index in [0.717, 1.165) is 31.1 Å². The molecule has 1 aromatic rings. The second-order valence-electron chi connectivity index (χ2n) is 4.26. The molecular weight excluding hydrogens is 279 g/mol. The average Bonchev–Trinajstić information content (AvgIpc) is 2.22. The van der Waals surface area contributed by atoms with E-state index in [9.17, 15) is 0 Å². The van der Waals surface area contributed by atoms with Crippen molar-refractivity contribution in [3.05, 3.63) is 34.9 Å². The summed E-state index contributed by atoms with van der Waals surface area (Å²) in [6.07, 6.45) is 2.38. The zero-order chi connectivity index (χ0) is 10.7. The van der Waals surface area contributed by atoms with Crippen molar-refractivity contribution in [1.82, 2.24) is 4.90 Å². The Labute approximate surface area is 120 Å². The van der Waals surface area contributed by atoms with Gasteiger partial charge in [-0.1, -0.05) is 23.7 Å². The highest BCUT2D eigenvalue weighted by Gasteiger charge is 2.16. The normalized spacial score (nSPS) is 20.2. The van der Waals surface area contributed by atoms with E-state index in [0.29, 0.717) is 6.04 Å². The molecular formula is C12H19Cl3N2. The summed E-state index contributed by atoms with van der Waals surface area (Å²) in [5.41, 5.74) is 7.25. The minimum Gasteiger partial charge on any atom is -0.327 e. The fraction of sp³-hybridized carbons (Fsp3) is 0.500. The largest absolute Gasteiger partial charge is 0.327 e. The lowest BCUT2D eigenvalue weighted by Crippen LogP contribution is -2.42. The van der Waals surface area contributed by atoms with Crippen molar-refractivity contribution in [1.29, 1.82) is 0 Å². The van der Waals surface area contributed by atoms with Crippen molar-refractivity contribution in [2.24, 2.45) is 5.73 Å². The van der Waals surface area contributed by atoms with E-state index in [1.54, 1.807) is 0 Å². The number of likely N-dealkylation sites (tertiary alicyclic amines) is 1. The van der Waals surface area contributed by atoms with Crippen molar-refractivity contribution in [2.75, 3.05) is 13.1 Å². The van der Waals surface area contributed by atoms with Gasteiger partial charge in [-0.3, -0.25) is 4.90 Å². The highest BCUT2D eigenvalue weighted by atomic mass is 35.5. The van der Waals surface area contributed by atoms with Crippen molar-refractivity contribution in [2.45, 2.75) is 25.4 Å². The first-order valence-electron chi connectivity index (χ1n) is 5.46. The molecule has 0 radical (unpaired) electrons. The summed E-state index contributed by atoms with van der Waals surface area (Å²) >= 11 is 5.84. The molecule has 0 spiro atoms. The topological polar surface area (TPSA) is 29.3 Å². The molecule has 1 aromatic carbocycles. The summed E-state index contributed by atoms with van der Waals surface area (Å²) in [5.74, 6) is 0. The average molecular weight is 298 g/mol. The Balaban J connectivity index is 0.00000128. The lowest BCUT2D eigenvalue weighted by atomic mass is 10.1. The maximum absolute atomic E-state index is 5.94. The van der Waals surface area contributed by atoms with Crippen LogP contribution < -0.4 is 5.73 Å². The first kappa shape index (κ1) is 17.0. The zero-order valence-electron chi connectivity index (χ0n) is 9.64. The van der Waals surface area contributed by atoms with Crippen LogP contribution in [0.1, 0.15) is 18.4 Å². The van der Waals surface area contributed by atoms with Crippen LogP contribution in [-0.4, -0.2) is 24.0 Å². The first-order valence-corrected chi connectivity index (χ1v) is 5.84. The Morgan fingerprint density at radius 3 is 2.47 bits per heavy atom. The van der Waals surface area contributed by atoms with Gasteiger partial charge in [0, 0.05) is 24.2 Å². The molecule has 1 saturated heterocycles. The molecule has 1 heterocycles. The van der Waals surface area contributed by atoms with E-state index in [2.05, 4.69) is 17.0 Å². The first-order chi connectivity index (χ1) is 7.24. The molecule has 1 aliphatic rings. The number of hydrogen-bond acceptors (Lipinski definition) is 2. The number of piperidine rings is 1. The molecule has 17 heavy (non-hydrogen) atoms. The van der Waals surface area contributed by atoms with E-state index in [-0.39, 0.29) is 24.8 Å². The second-order valence-corrected chi connectivity index (χ2v) is 4.70. The quantitative estimate of drug-likeness (QED) is 0.909. The summed E-state index contributed by atoms with van der Waals surface area (Å²) in [6.45, 7) is 3.17. The molecule has 0 amide bonds. The monoisotopic (exact) mass is 296 g/mol. The molecule has 2 N–H and O–H groups in total. The van der Waals surface area contributed by atoms with Crippen LogP contribution >= 0.6 is 36.4 Å². The van der Waals surface area contributed by atoms with Crippen LogP contribution in [-0.2, 0) is 6.54 Å². The molecule has 1 fully saturated rings. The number of rotatable bonds is 2. The fourth-order valence-corrected chi connectivity index (χ4v) is 2.21. The fourth-order valence-electron chi connectivity index (χ4n) is 2.08. The molecule has 0 saturated carbocycles. The SMILES string of the molecule is Cl.Cl.NC1CCCN(Cc2ccc(Cl)cc2)C1. The smallest absolute Gasteiger partial charge is 0.0406 e. The predicted molar refractivity (Wildman–Crippen MR) is 78.4 cm³/mol. The zero-order valence-corrected chi connectivity index (χ0v) is 12.0. The highest BCUT2D eigenvalue weighted by Crippen LogP contribution is 2.14. The molecule has 1 unspecified atom stereocenters. The van der Waals surface area contributed by atoms with Crippen LogP contribution in [0, 0.1) is 0 Å². The summed E-state index contributed by atoms with van der Waals surface area (Å²) in [5, 5.41) is 0.800. The Bertz CT molecular complexity index is 316. The van der Waals surface area contributed by atoms with Gasteiger partial charge in [0.25, 0.3) is 0 Å². The third-order valence-corrected chi connectivity index (χ3v) is 3.11. The number of hydrogen-bond donors (Lipinski definition) is 1. The van der Waals surface area contributed by atoms with Gasteiger partial charge >= 0.3 is 0 Å². The van der Waals surface area contributed by atoms with E-state index < -0.39 is 0 Å². The lowest BCUT2D eigenvalue weighted by Gasteiger charge is -2.30. The Morgan fingerprint density at radius 1 is 1.24 bits per heavy atom. The molecule has 2 rings (SSSR count). The van der Waals surface area contributed by atoms with Gasteiger partial charge in [-0.05, 0) is 37.1 Å². The van der Waals surface area contributed by atoms with Gasteiger partial charge in [-0.2, -0.15) is 0 Å². The number of halogens is 3. The van der Waals surface area contributed by atoms with Crippen molar-refractivity contribution in [3.8, 4) is 0 Å². The van der Waals surface area contributed by atoms with Crippen LogP contribution in [0.2, 0.25) is 5.02 Å². The van der Waals surface area contributed by atoms with Crippen LogP contribution in [0.3, 0.4) is 0 Å². The van der Waals surface area contributed by atoms with Gasteiger partial charge in [-0.15, -0.1) is 24.8 Å². The number of benzene rings is 1. The van der Waals surface area contributed by atoms with Crippen molar-refractivity contribution in [3.63, 3.8) is 0 Å². The molecule has 2 nitrogen and oxygen atoms in total. The number of nitrogens with zero attached hydrogens (tertiary/aromatic N) is 1. The van der Waals surface area contributed by atoms with Gasteiger partial charge in [0.1, 0.15) is 0 Å².